The van der Waals surface area contributed by atoms with Crippen LogP contribution in [0.1, 0.15) is 42.7 Å². The van der Waals surface area contributed by atoms with E-state index in [-0.39, 0.29) is 29.9 Å². The van der Waals surface area contributed by atoms with E-state index in [1.165, 1.54) is 5.56 Å². The summed E-state index contributed by atoms with van der Waals surface area (Å²) < 4.78 is 0. The minimum atomic E-state index is 0. The molecule has 1 fully saturated rings. The minimum Gasteiger partial charge on any atom is -0.357 e. The van der Waals surface area contributed by atoms with Gasteiger partial charge >= 0.3 is 0 Å². The largest absolute Gasteiger partial charge is 0.357 e. The highest BCUT2D eigenvalue weighted by atomic mass is 127. The Morgan fingerprint density at radius 3 is 2.69 bits per heavy atom. The quantitative estimate of drug-likeness (QED) is 0.302. The fourth-order valence-corrected chi connectivity index (χ4v) is 5.12. The summed E-state index contributed by atoms with van der Waals surface area (Å²) >= 11 is 1.89. The van der Waals surface area contributed by atoms with E-state index in [0.29, 0.717) is 19.0 Å². The second-order valence-electron chi connectivity index (χ2n) is 8.33. The van der Waals surface area contributed by atoms with Crippen molar-refractivity contribution in [2.45, 2.75) is 52.2 Å². The molecule has 1 saturated heterocycles. The fraction of sp³-hybridized carbons (Fsp3) is 0.500. The Morgan fingerprint density at radius 2 is 1.97 bits per heavy atom. The average Bonchev–Trinajstić information content (AvgIpc) is 3.44. The number of nitrogens with one attached hydrogen (secondary N) is 2. The molecular weight excluding hydrogens is 533 g/mol. The lowest BCUT2D eigenvalue weighted by molar-refractivity contribution is -0.117. The Labute approximate surface area is 212 Å². The summed E-state index contributed by atoms with van der Waals surface area (Å²) in [5.74, 6) is 1.07. The molecule has 0 saturated carbocycles. The number of benzene rings is 1. The van der Waals surface area contributed by atoms with Crippen LogP contribution in [0.5, 0.6) is 0 Å². The highest BCUT2D eigenvalue weighted by Gasteiger charge is 2.22. The number of aliphatic imine (C=N–C) groups is 1. The van der Waals surface area contributed by atoms with Crippen LogP contribution in [-0.2, 0) is 24.3 Å². The molecular formula is C24H34IN5OS. The van der Waals surface area contributed by atoms with Crippen LogP contribution in [0.3, 0.4) is 0 Å². The summed E-state index contributed by atoms with van der Waals surface area (Å²) in [4.78, 5) is 22.7. The molecule has 1 aromatic heterocycles. The lowest BCUT2D eigenvalue weighted by Crippen LogP contribution is -2.47. The molecule has 0 radical (unpaired) electrons. The number of carbonyl (C=O) groups is 1. The molecule has 0 spiro atoms. The number of halogens is 1. The van der Waals surface area contributed by atoms with Gasteiger partial charge in [-0.25, -0.2) is 4.99 Å². The number of nitrogens with zero attached hydrogens (tertiary/aromatic N) is 3. The third-order valence-electron chi connectivity index (χ3n) is 6.11. The molecule has 2 aliphatic rings. The molecule has 4 rings (SSSR count). The lowest BCUT2D eigenvalue weighted by atomic mass is 10.1. The first kappa shape index (κ1) is 25.0. The van der Waals surface area contributed by atoms with Gasteiger partial charge in [0.05, 0.1) is 6.54 Å². The number of rotatable bonds is 7. The predicted octanol–water partition coefficient (Wildman–Crippen LogP) is 3.99. The van der Waals surface area contributed by atoms with Gasteiger partial charge in [0.25, 0.3) is 0 Å². The number of amides is 1. The van der Waals surface area contributed by atoms with Gasteiger partial charge in [-0.1, -0.05) is 12.1 Å². The van der Waals surface area contributed by atoms with Crippen LogP contribution in [0.15, 0.2) is 40.7 Å². The van der Waals surface area contributed by atoms with Crippen LogP contribution < -0.4 is 15.5 Å². The van der Waals surface area contributed by atoms with Gasteiger partial charge < -0.3 is 15.5 Å². The molecule has 0 aliphatic carbocycles. The molecule has 2 aromatic rings. The first-order valence-electron chi connectivity index (χ1n) is 11.3. The van der Waals surface area contributed by atoms with Crippen LogP contribution in [0.4, 0.5) is 5.69 Å². The third kappa shape index (κ3) is 6.23. The van der Waals surface area contributed by atoms with Gasteiger partial charge in [0, 0.05) is 55.8 Å². The van der Waals surface area contributed by atoms with Crippen molar-refractivity contribution in [3.8, 4) is 0 Å². The van der Waals surface area contributed by atoms with E-state index < -0.39 is 0 Å². The number of fused-ring (bicyclic) bond motifs is 1. The summed E-state index contributed by atoms with van der Waals surface area (Å²) in [6.45, 7) is 9.67. The van der Waals surface area contributed by atoms with Gasteiger partial charge in [-0.05, 0) is 61.4 Å². The van der Waals surface area contributed by atoms with Crippen molar-refractivity contribution in [3.05, 3.63) is 51.7 Å². The Bertz CT molecular complexity index is 913. The van der Waals surface area contributed by atoms with Crippen molar-refractivity contribution in [2.24, 2.45) is 4.99 Å². The smallest absolute Gasteiger partial charge is 0.227 e. The average molecular weight is 568 g/mol. The molecule has 6 nitrogen and oxygen atoms in total. The molecule has 2 aliphatic heterocycles. The highest BCUT2D eigenvalue weighted by molar-refractivity contribution is 14.0. The van der Waals surface area contributed by atoms with Crippen molar-refractivity contribution in [1.29, 1.82) is 0 Å². The standard InChI is InChI=1S/C24H33N5OS.HI/c1-3-25-24(26-15-18(2)28-13-10-22-20(17-28)11-14-31-22)27-16-19-6-8-21(9-7-19)29-12-4-5-23(29)30;/h6-9,11,14,18H,3-5,10,12-13,15-17H2,1-2H3,(H2,25,26,27);1H. The van der Waals surface area contributed by atoms with E-state index >= 15 is 0 Å². The summed E-state index contributed by atoms with van der Waals surface area (Å²) in [5.41, 5.74) is 3.62. The minimum absolute atomic E-state index is 0. The van der Waals surface area contributed by atoms with Gasteiger partial charge in [0.1, 0.15) is 0 Å². The van der Waals surface area contributed by atoms with E-state index in [9.17, 15) is 4.79 Å². The van der Waals surface area contributed by atoms with E-state index in [1.54, 1.807) is 4.88 Å². The zero-order valence-electron chi connectivity index (χ0n) is 19.0. The summed E-state index contributed by atoms with van der Waals surface area (Å²) in [6, 6.07) is 10.9. The van der Waals surface area contributed by atoms with E-state index in [4.69, 9.17) is 4.99 Å². The number of carbonyl (C=O) groups excluding carboxylic acids is 1. The number of hydrogen-bond acceptors (Lipinski definition) is 4. The molecule has 8 heteroatoms. The lowest BCUT2D eigenvalue weighted by Gasteiger charge is -2.32. The van der Waals surface area contributed by atoms with Gasteiger partial charge in [0.15, 0.2) is 5.96 Å². The Balaban J connectivity index is 0.00000289. The Kier molecular flexibility index (Phi) is 9.36. The summed E-state index contributed by atoms with van der Waals surface area (Å²) in [7, 11) is 0. The second kappa shape index (κ2) is 12.0. The van der Waals surface area contributed by atoms with Crippen LogP contribution >= 0.6 is 35.3 Å². The van der Waals surface area contributed by atoms with Crippen LogP contribution in [0.25, 0.3) is 0 Å². The van der Waals surface area contributed by atoms with Gasteiger partial charge in [-0.3, -0.25) is 9.69 Å². The number of hydrogen-bond donors (Lipinski definition) is 2. The summed E-state index contributed by atoms with van der Waals surface area (Å²) in [6.07, 6.45) is 2.77. The monoisotopic (exact) mass is 567 g/mol. The zero-order chi connectivity index (χ0) is 21.6. The zero-order valence-corrected chi connectivity index (χ0v) is 22.1. The summed E-state index contributed by atoms with van der Waals surface area (Å²) in [5, 5.41) is 9.08. The van der Waals surface area contributed by atoms with Crippen molar-refractivity contribution in [3.63, 3.8) is 0 Å². The third-order valence-corrected chi connectivity index (χ3v) is 7.13. The molecule has 1 unspecified atom stereocenters. The molecule has 1 atom stereocenters. The molecule has 1 aromatic carbocycles. The highest BCUT2D eigenvalue weighted by Crippen LogP contribution is 2.25. The topological polar surface area (TPSA) is 60.0 Å². The van der Waals surface area contributed by atoms with E-state index in [1.807, 2.05) is 28.4 Å². The van der Waals surface area contributed by atoms with Gasteiger partial charge in [-0.2, -0.15) is 0 Å². The number of anilines is 1. The Morgan fingerprint density at radius 1 is 1.16 bits per heavy atom. The SMILES string of the molecule is CCNC(=NCc1ccc(N2CCCC2=O)cc1)NCC(C)N1CCc2sccc2C1.I. The molecule has 3 heterocycles. The van der Waals surface area contributed by atoms with Crippen molar-refractivity contribution in [1.82, 2.24) is 15.5 Å². The molecule has 2 N–H and O–H groups in total. The maximum absolute atomic E-state index is 11.9. The first-order chi connectivity index (χ1) is 15.1. The molecule has 1 amide bonds. The number of guanidine groups is 1. The normalized spacial score (nSPS) is 17.6. The second-order valence-corrected chi connectivity index (χ2v) is 9.33. The van der Waals surface area contributed by atoms with Crippen LogP contribution in [0.2, 0.25) is 0 Å². The van der Waals surface area contributed by atoms with Crippen molar-refractivity contribution in [2.75, 3.05) is 31.1 Å². The molecule has 32 heavy (non-hydrogen) atoms. The van der Waals surface area contributed by atoms with Gasteiger partial charge in [0.2, 0.25) is 5.91 Å². The van der Waals surface area contributed by atoms with Gasteiger partial charge in [-0.15, -0.1) is 35.3 Å². The molecule has 0 bridgehead atoms. The van der Waals surface area contributed by atoms with Crippen molar-refractivity contribution >= 4 is 52.9 Å². The molecule has 174 valence electrons. The van der Waals surface area contributed by atoms with Crippen LogP contribution in [0, 0.1) is 0 Å². The maximum Gasteiger partial charge on any atom is 0.227 e. The Hall–Kier alpha value is -1.65. The van der Waals surface area contributed by atoms with Crippen LogP contribution in [-0.4, -0.2) is 49.0 Å². The van der Waals surface area contributed by atoms with Crippen molar-refractivity contribution < 1.29 is 4.79 Å². The fourth-order valence-electron chi connectivity index (χ4n) is 4.23. The van der Waals surface area contributed by atoms with E-state index in [0.717, 1.165) is 62.8 Å². The predicted molar refractivity (Wildman–Crippen MR) is 144 cm³/mol. The maximum atomic E-state index is 11.9. The van der Waals surface area contributed by atoms with E-state index in [2.05, 4.69) is 53.0 Å². The first-order valence-corrected chi connectivity index (χ1v) is 12.2. The number of thiophene rings is 1.